The predicted molar refractivity (Wildman–Crippen MR) is 149 cm³/mol. The Morgan fingerprint density at radius 1 is 1.20 bits per heavy atom. The molecule has 2 fully saturated rings. The number of hydrogen-bond donors (Lipinski definition) is 2. The zero-order valence-electron chi connectivity index (χ0n) is 23.1. The number of para-hydroxylation sites is 1. The average Bonchev–Trinajstić information content (AvgIpc) is 3.51. The number of aromatic nitrogens is 4. The molecule has 0 bridgehead atoms. The van der Waals surface area contributed by atoms with E-state index in [2.05, 4.69) is 24.9 Å². The fourth-order valence-electron chi connectivity index (χ4n) is 4.54. The second kappa shape index (κ2) is 11.7. The molecule has 0 amide bonds. The minimum absolute atomic E-state index is 0.0288. The first kappa shape index (κ1) is 28.3. The second-order valence-corrected chi connectivity index (χ2v) is 12.1. The van der Waals surface area contributed by atoms with Gasteiger partial charge in [0.25, 0.3) is 0 Å². The van der Waals surface area contributed by atoms with E-state index in [4.69, 9.17) is 24.3 Å². The number of imidazole rings is 1. The smallest absolute Gasteiger partial charge is 0.459 e. The molecule has 2 aromatic heterocycles. The maximum Gasteiger partial charge on any atom is 0.459 e. The van der Waals surface area contributed by atoms with E-state index in [1.54, 1.807) is 51.4 Å². The molecule has 3 heterocycles. The maximum absolute atomic E-state index is 13.8. The summed E-state index contributed by atoms with van der Waals surface area (Å²) in [5, 5.41) is 2.70. The quantitative estimate of drug-likeness (QED) is 0.239. The number of anilines is 2. The van der Waals surface area contributed by atoms with Gasteiger partial charge in [-0.1, -0.05) is 18.2 Å². The van der Waals surface area contributed by atoms with Crippen LogP contribution < -0.4 is 20.2 Å². The van der Waals surface area contributed by atoms with Crippen LogP contribution in [0.3, 0.4) is 0 Å². The number of nitrogens with two attached hydrogens (primary N) is 1. The number of fused-ring (bicyclic) bond motifs is 1. The fraction of sp³-hybridized carbons (Fsp3) is 0.538. The largest absolute Gasteiger partial charge is 0.462 e. The molecule has 3 aromatic rings. The number of nitrogens with one attached hydrogen (secondary N) is 1. The van der Waals surface area contributed by atoms with Gasteiger partial charge in [0, 0.05) is 13.1 Å². The topological polar surface area (TPSA) is 156 Å². The minimum atomic E-state index is -3.99. The second-order valence-electron chi connectivity index (χ2n) is 10.4. The summed E-state index contributed by atoms with van der Waals surface area (Å²) in [6, 6.07) is 8.13. The van der Waals surface area contributed by atoms with E-state index in [0.29, 0.717) is 41.6 Å². The lowest BCUT2D eigenvalue weighted by molar-refractivity contribution is -0.149. The SMILES string of the molecule is CC(C)OC(=O)[C@@H](C)N[P@](=O)(OC[C@@H]1CC[C@H](n2cnc3c(N(C)C4CC4)nc(N)nc32)O1)Oc1ccccc1. The Hall–Kier alpha value is -3.25. The zero-order chi connectivity index (χ0) is 28.4. The zero-order valence-corrected chi connectivity index (χ0v) is 24.0. The summed E-state index contributed by atoms with van der Waals surface area (Å²) in [7, 11) is -2.00. The van der Waals surface area contributed by atoms with E-state index in [1.807, 2.05) is 17.7 Å². The average molecular weight is 574 g/mol. The highest BCUT2D eigenvalue weighted by molar-refractivity contribution is 7.52. The molecule has 5 rings (SSSR count). The lowest BCUT2D eigenvalue weighted by Gasteiger charge is -2.24. The van der Waals surface area contributed by atoms with Crippen molar-refractivity contribution in [3.8, 4) is 5.75 Å². The molecular weight excluding hydrogens is 537 g/mol. The molecule has 1 aliphatic heterocycles. The summed E-state index contributed by atoms with van der Waals surface area (Å²) in [5.41, 5.74) is 7.31. The van der Waals surface area contributed by atoms with Crippen LogP contribution in [0, 0.1) is 0 Å². The Labute approximate surface area is 232 Å². The van der Waals surface area contributed by atoms with Gasteiger partial charge in [0.15, 0.2) is 17.0 Å². The number of ether oxygens (including phenoxy) is 2. The van der Waals surface area contributed by atoms with Crippen LogP contribution in [0.25, 0.3) is 11.2 Å². The Bertz CT molecular complexity index is 1380. The maximum atomic E-state index is 13.8. The van der Waals surface area contributed by atoms with Crippen molar-refractivity contribution in [3.05, 3.63) is 36.7 Å². The Morgan fingerprint density at radius 2 is 1.95 bits per heavy atom. The van der Waals surface area contributed by atoms with Crippen LogP contribution in [0.2, 0.25) is 0 Å². The van der Waals surface area contributed by atoms with E-state index in [0.717, 1.165) is 12.8 Å². The third-order valence-corrected chi connectivity index (χ3v) is 8.34. The Balaban J connectivity index is 1.27. The summed E-state index contributed by atoms with van der Waals surface area (Å²) < 4.78 is 38.6. The highest BCUT2D eigenvalue weighted by Crippen LogP contribution is 2.46. The van der Waals surface area contributed by atoms with Gasteiger partial charge in [0.2, 0.25) is 5.95 Å². The van der Waals surface area contributed by atoms with Gasteiger partial charge in [-0.05, 0) is 58.6 Å². The number of rotatable bonds is 12. The normalized spacial score (nSPS) is 21.3. The molecule has 14 heteroatoms. The number of hydrogen-bond acceptors (Lipinski definition) is 11. The molecule has 1 saturated heterocycles. The van der Waals surface area contributed by atoms with Crippen LogP contribution >= 0.6 is 7.75 Å². The number of nitrogens with zero attached hydrogens (tertiary/aromatic N) is 5. The molecular formula is C26H36N7O6P. The van der Waals surface area contributed by atoms with Crippen LogP contribution in [0.4, 0.5) is 11.8 Å². The van der Waals surface area contributed by atoms with E-state index in [1.165, 1.54) is 0 Å². The van der Waals surface area contributed by atoms with Crippen LogP contribution in [-0.2, 0) is 23.4 Å². The number of esters is 1. The first-order valence-corrected chi connectivity index (χ1v) is 15.0. The molecule has 1 saturated carbocycles. The molecule has 0 unspecified atom stereocenters. The van der Waals surface area contributed by atoms with Crippen LogP contribution in [-0.4, -0.2) is 63.4 Å². The Kier molecular flexibility index (Phi) is 8.27. The van der Waals surface area contributed by atoms with E-state index in [-0.39, 0.29) is 31.0 Å². The lowest BCUT2D eigenvalue weighted by atomic mass is 10.2. The van der Waals surface area contributed by atoms with Crippen molar-refractivity contribution < 1.29 is 27.9 Å². The van der Waals surface area contributed by atoms with Crippen molar-refractivity contribution in [2.45, 2.75) is 77.0 Å². The number of benzene rings is 1. The van der Waals surface area contributed by atoms with Crippen LogP contribution in [0.15, 0.2) is 36.7 Å². The molecule has 13 nitrogen and oxygen atoms in total. The van der Waals surface area contributed by atoms with Crippen molar-refractivity contribution >= 4 is 36.6 Å². The van der Waals surface area contributed by atoms with Gasteiger partial charge in [-0.3, -0.25) is 13.9 Å². The monoisotopic (exact) mass is 573 g/mol. The van der Waals surface area contributed by atoms with E-state index in [9.17, 15) is 9.36 Å². The summed E-state index contributed by atoms with van der Waals surface area (Å²) >= 11 is 0. The van der Waals surface area contributed by atoms with E-state index >= 15 is 0 Å². The third-order valence-electron chi connectivity index (χ3n) is 6.70. The Morgan fingerprint density at radius 3 is 2.65 bits per heavy atom. The van der Waals surface area contributed by atoms with Gasteiger partial charge < -0.3 is 24.6 Å². The fourth-order valence-corrected chi connectivity index (χ4v) is 6.06. The molecule has 3 N–H and O–H groups in total. The standard InChI is InChI=1S/C26H36N7O6P/c1-16(2)37-25(34)17(3)31-40(35,39-19-8-6-5-7-9-19)36-14-20-12-13-21(38-20)33-15-28-22-23(32(4)18-10-11-18)29-26(27)30-24(22)33/h5-9,15-18,20-21H,10-14H2,1-4H3,(H,31,35)(H2,27,29,30)/t17-,20+,21-,40+/m1/s1. The first-order chi connectivity index (χ1) is 19.1. The van der Waals surface area contributed by atoms with Gasteiger partial charge in [-0.15, -0.1) is 0 Å². The summed E-state index contributed by atoms with van der Waals surface area (Å²) in [6.07, 6.45) is 4.13. The molecule has 216 valence electrons. The molecule has 4 atom stereocenters. The van der Waals surface area contributed by atoms with Crippen LogP contribution in [0.1, 0.15) is 52.7 Å². The summed E-state index contributed by atoms with van der Waals surface area (Å²) in [5.74, 6) is 0.649. The lowest BCUT2D eigenvalue weighted by Crippen LogP contribution is -2.36. The minimum Gasteiger partial charge on any atom is -0.462 e. The van der Waals surface area contributed by atoms with Gasteiger partial charge in [0.05, 0.1) is 25.1 Å². The molecule has 2 aliphatic rings. The van der Waals surface area contributed by atoms with Crippen molar-refractivity contribution in [1.29, 1.82) is 0 Å². The number of nitrogen functional groups attached to an aromatic ring is 1. The van der Waals surface area contributed by atoms with Crippen molar-refractivity contribution in [1.82, 2.24) is 24.6 Å². The van der Waals surface area contributed by atoms with Crippen molar-refractivity contribution in [2.24, 2.45) is 0 Å². The van der Waals surface area contributed by atoms with Crippen LogP contribution in [0.5, 0.6) is 5.75 Å². The van der Waals surface area contributed by atoms with Crippen molar-refractivity contribution in [2.75, 3.05) is 24.3 Å². The van der Waals surface area contributed by atoms with E-state index < -0.39 is 19.8 Å². The molecule has 0 radical (unpaired) electrons. The van der Waals surface area contributed by atoms with Gasteiger partial charge in [-0.2, -0.15) is 15.1 Å². The summed E-state index contributed by atoms with van der Waals surface area (Å²) in [4.78, 5) is 27.9. The van der Waals surface area contributed by atoms with Crippen molar-refractivity contribution in [3.63, 3.8) is 0 Å². The molecule has 1 aromatic carbocycles. The summed E-state index contributed by atoms with van der Waals surface area (Å²) in [6.45, 7) is 5.00. The van der Waals surface area contributed by atoms with Gasteiger partial charge >= 0.3 is 13.7 Å². The first-order valence-electron chi connectivity index (χ1n) is 13.5. The predicted octanol–water partition coefficient (Wildman–Crippen LogP) is 3.82. The highest BCUT2D eigenvalue weighted by Gasteiger charge is 2.36. The number of carbonyl (C=O) groups excluding carboxylic acids is 1. The third kappa shape index (κ3) is 6.55. The number of carbonyl (C=O) groups is 1. The molecule has 40 heavy (non-hydrogen) atoms. The van der Waals surface area contributed by atoms with Gasteiger partial charge in [0.1, 0.15) is 18.0 Å². The highest BCUT2D eigenvalue weighted by atomic mass is 31.2. The van der Waals surface area contributed by atoms with Gasteiger partial charge in [-0.25, -0.2) is 9.55 Å². The molecule has 1 aliphatic carbocycles. The molecule has 0 spiro atoms.